The first kappa shape index (κ1) is 28.0. The van der Waals surface area contributed by atoms with Crippen LogP contribution in [0.4, 0.5) is 8.78 Å². The van der Waals surface area contributed by atoms with Crippen molar-refractivity contribution in [1.29, 1.82) is 0 Å². The largest absolute Gasteiger partial charge is 0.483 e. The molecule has 1 N–H and O–H groups in total. The van der Waals surface area contributed by atoms with Crippen molar-refractivity contribution in [3.05, 3.63) is 77.5 Å². The van der Waals surface area contributed by atoms with Crippen LogP contribution in [-0.2, 0) is 24.4 Å². The topological polar surface area (TPSA) is 112 Å². The molecule has 4 heterocycles. The summed E-state index contributed by atoms with van der Waals surface area (Å²) in [5.41, 5.74) is 1.81. The lowest BCUT2D eigenvalue weighted by atomic mass is 10.0. The molecule has 220 valence electrons. The second kappa shape index (κ2) is 12.0. The first-order valence-corrected chi connectivity index (χ1v) is 14.0. The Hall–Kier alpha value is -4.16. The number of carboxylic acid groups (broad SMARTS) is 1. The lowest BCUT2D eigenvalue weighted by Crippen LogP contribution is -2.44. The van der Waals surface area contributed by atoms with Gasteiger partial charge in [-0.15, -0.1) is 0 Å². The third kappa shape index (κ3) is 6.19. The van der Waals surface area contributed by atoms with E-state index < -0.39 is 17.6 Å². The Bertz CT molecular complexity index is 1590. The van der Waals surface area contributed by atoms with Gasteiger partial charge in [0, 0.05) is 37.5 Å². The molecule has 4 aromatic rings. The third-order valence-corrected chi connectivity index (χ3v) is 7.78. The molecule has 2 aromatic carbocycles. The standard InChI is InChI=1S/C30H31F2N5O5/c1-18-12-21(42-29-6-9-33-27(35-29)17-41-26-5-3-20(31)14-23(26)32)7-10-36(18)16-28-34-24-4-2-19(30(38)39)13-25(24)37(28)15-22-8-11-40-22/h2-6,9,13-14,18,21-22H,7-8,10-12,15-17H2,1H3,(H,38,39)/t18-,21?,22+/m0/s1. The normalized spacial score (nSPS) is 20.8. The van der Waals surface area contributed by atoms with Crippen molar-refractivity contribution in [2.24, 2.45) is 0 Å². The molecule has 2 aliphatic rings. The van der Waals surface area contributed by atoms with Gasteiger partial charge in [0.1, 0.15) is 24.4 Å². The molecule has 2 saturated heterocycles. The van der Waals surface area contributed by atoms with Gasteiger partial charge in [-0.3, -0.25) is 4.90 Å². The fourth-order valence-electron chi connectivity index (χ4n) is 5.38. The van der Waals surface area contributed by atoms with Gasteiger partial charge in [-0.25, -0.2) is 23.5 Å². The number of carbonyl (C=O) groups is 1. The quantitative estimate of drug-likeness (QED) is 0.288. The Morgan fingerprint density at radius 2 is 2.00 bits per heavy atom. The molecule has 42 heavy (non-hydrogen) atoms. The number of likely N-dealkylation sites (tertiary alicyclic amines) is 1. The number of benzene rings is 2. The zero-order valence-electron chi connectivity index (χ0n) is 23.1. The first-order chi connectivity index (χ1) is 20.3. The smallest absolute Gasteiger partial charge is 0.335 e. The summed E-state index contributed by atoms with van der Waals surface area (Å²) in [5.74, 6) is -0.904. The SMILES string of the molecule is C[C@H]1CC(Oc2ccnc(COc3ccc(F)cc3F)n2)CCN1Cc1nc2ccc(C(=O)O)cc2n1C[C@H]1CCO1. The van der Waals surface area contributed by atoms with Gasteiger partial charge in [-0.1, -0.05) is 0 Å². The number of hydrogen-bond donors (Lipinski definition) is 1. The number of halogens is 2. The molecule has 0 bridgehead atoms. The molecule has 1 unspecified atom stereocenters. The molecule has 0 amide bonds. The lowest BCUT2D eigenvalue weighted by Gasteiger charge is -2.37. The number of piperidine rings is 1. The van der Waals surface area contributed by atoms with Crippen LogP contribution in [0.2, 0.25) is 0 Å². The molecular weight excluding hydrogens is 548 g/mol. The van der Waals surface area contributed by atoms with Crippen LogP contribution >= 0.6 is 0 Å². The van der Waals surface area contributed by atoms with Gasteiger partial charge in [-0.05, 0) is 56.5 Å². The van der Waals surface area contributed by atoms with Crippen molar-refractivity contribution in [2.45, 2.75) is 64.1 Å². The number of aromatic nitrogens is 4. The van der Waals surface area contributed by atoms with Crippen LogP contribution in [0.1, 0.15) is 48.2 Å². The number of fused-ring (bicyclic) bond motifs is 1. The van der Waals surface area contributed by atoms with E-state index in [-0.39, 0.29) is 36.2 Å². The summed E-state index contributed by atoms with van der Waals surface area (Å²) in [5, 5.41) is 9.50. The summed E-state index contributed by atoms with van der Waals surface area (Å²) in [6.07, 6.45) is 4.12. The molecular formula is C30H31F2N5O5. The van der Waals surface area contributed by atoms with E-state index in [1.165, 1.54) is 6.07 Å². The average Bonchev–Trinajstić information content (AvgIpc) is 3.28. The highest BCUT2D eigenvalue weighted by Gasteiger charge is 2.29. The highest BCUT2D eigenvalue weighted by Crippen LogP contribution is 2.27. The van der Waals surface area contributed by atoms with Crippen molar-refractivity contribution < 1.29 is 32.9 Å². The van der Waals surface area contributed by atoms with Crippen LogP contribution in [0.15, 0.2) is 48.7 Å². The summed E-state index contributed by atoms with van der Waals surface area (Å²) < 4.78 is 46.4. The van der Waals surface area contributed by atoms with Crippen molar-refractivity contribution in [2.75, 3.05) is 13.2 Å². The fourth-order valence-corrected chi connectivity index (χ4v) is 5.38. The van der Waals surface area contributed by atoms with E-state index in [1.807, 2.05) is 0 Å². The van der Waals surface area contributed by atoms with Crippen LogP contribution in [0.3, 0.4) is 0 Å². The third-order valence-electron chi connectivity index (χ3n) is 7.78. The molecule has 0 saturated carbocycles. The van der Waals surface area contributed by atoms with Gasteiger partial charge >= 0.3 is 5.97 Å². The van der Waals surface area contributed by atoms with Gasteiger partial charge in [0.05, 0.1) is 35.8 Å². The van der Waals surface area contributed by atoms with Crippen LogP contribution in [0, 0.1) is 11.6 Å². The van der Waals surface area contributed by atoms with E-state index in [9.17, 15) is 18.7 Å². The minimum absolute atomic E-state index is 0.0604. The van der Waals surface area contributed by atoms with Crippen molar-refractivity contribution in [3.8, 4) is 11.6 Å². The minimum atomic E-state index is -0.966. The fraction of sp³-hybridized carbons (Fsp3) is 0.400. The Kier molecular flexibility index (Phi) is 7.98. The molecule has 2 fully saturated rings. The molecule has 6 rings (SSSR count). The predicted octanol–water partition coefficient (Wildman–Crippen LogP) is 4.60. The lowest BCUT2D eigenvalue weighted by molar-refractivity contribution is -0.0593. The number of ether oxygens (including phenoxy) is 3. The Morgan fingerprint density at radius 3 is 2.74 bits per heavy atom. The summed E-state index contributed by atoms with van der Waals surface area (Å²) in [6, 6.07) is 10.0. The Labute approximate surface area is 240 Å². The van der Waals surface area contributed by atoms with E-state index in [0.29, 0.717) is 24.8 Å². The molecule has 3 atom stereocenters. The van der Waals surface area contributed by atoms with Crippen LogP contribution in [-0.4, -0.2) is 66.9 Å². The maximum atomic E-state index is 13.9. The zero-order valence-corrected chi connectivity index (χ0v) is 23.1. The van der Waals surface area contributed by atoms with Gasteiger partial charge in [0.2, 0.25) is 5.88 Å². The summed E-state index contributed by atoms with van der Waals surface area (Å²) in [4.78, 5) is 27.4. The van der Waals surface area contributed by atoms with Crippen LogP contribution in [0.5, 0.6) is 11.6 Å². The van der Waals surface area contributed by atoms with E-state index >= 15 is 0 Å². The Balaban J connectivity index is 1.09. The monoisotopic (exact) mass is 579 g/mol. The van der Waals surface area contributed by atoms with Gasteiger partial charge in [0.15, 0.2) is 17.4 Å². The molecule has 2 aliphatic heterocycles. The average molecular weight is 580 g/mol. The second-order valence-electron chi connectivity index (χ2n) is 10.7. The number of hydrogen-bond acceptors (Lipinski definition) is 8. The minimum Gasteiger partial charge on any atom is -0.483 e. The van der Waals surface area contributed by atoms with Crippen molar-refractivity contribution in [1.82, 2.24) is 24.4 Å². The highest BCUT2D eigenvalue weighted by atomic mass is 19.1. The summed E-state index contributed by atoms with van der Waals surface area (Å²) in [7, 11) is 0. The van der Waals surface area contributed by atoms with Crippen LogP contribution < -0.4 is 9.47 Å². The summed E-state index contributed by atoms with van der Waals surface area (Å²) in [6.45, 7) is 4.83. The zero-order chi connectivity index (χ0) is 29.2. The number of imidazole rings is 1. The van der Waals surface area contributed by atoms with Crippen molar-refractivity contribution in [3.63, 3.8) is 0 Å². The van der Waals surface area contributed by atoms with Crippen LogP contribution in [0.25, 0.3) is 11.0 Å². The maximum absolute atomic E-state index is 13.9. The number of nitrogens with zero attached hydrogens (tertiary/aromatic N) is 5. The Morgan fingerprint density at radius 1 is 1.14 bits per heavy atom. The van der Waals surface area contributed by atoms with E-state index in [0.717, 1.165) is 61.4 Å². The second-order valence-corrected chi connectivity index (χ2v) is 10.7. The predicted molar refractivity (Wildman–Crippen MR) is 147 cm³/mol. The van der Waals surface area contributed by atoms with E-state index in [1.54, 1.807) is 30.5 Å². The molecule has 0 aliphatic carbocycles. The summed E-state index contributed by atoms with van der Waals surface area (Å²) >= 11 is 0. The number of carboxylic acids is 1. The highest BCUT2D eigenvalue weighted by molar-refractivity contribution is 5.92. The number of aromatic carboxylic acids is 1. The van der Waals surface area contributed by atoms with Gasteiger partial charge < -0.3 is 23.9 Å². The molecule has 12 heteroatoms. The van der Waals surface area contributed by atoms with E-state index in [2.05, 4.69) is 26.4 Å². The van der Waals surface area contributed by atoms with Crippen molar-refractivity contribution >= 4 is 17.0 Å². The van der Waals surface area contributed by atoms with Gasteiger partial charge in [-0.2, -0.15) is 4.98 Å². The first-order valence-electron chi connectivity index (χ1n) is 14.0. The molecule has 10 nitrogen and oxygen atoms in total. The van der Waals surface area contributed by atoms with E-state index in [4.69, 9.17) is 19.2 Å². The van der Waals surface area contributed by atoms with Gasteiger partial charge in [0.25, 0.3) is 0 Å². The maximum Gasteiger partial charge on any atom is 0.335 e. The molecule has 2 aromatic heterocycles. The molecule has 0 spiro atoms. The number of rotatable bonds is 10. The molecule has 0 radical (unpaired) electrons.